The van der Waals surface area contributed by atoms with Gasteiger partial charge in [0.05, 0.1) is 5.02 Å². The Bertz CT molecular complexity index is 691. The van der Waals surface area contributed by atoms with E-state index in [4.69, 9.17) is 16.7 Å². The van der Waals surface area contributed by atoms with Gasteiger partial charge in [0, 0.05) is 17.2 Å². The number of nitrogens with one attached hydrogen (secondary N) is 1. The van der Waals surface area contributed by atoms with E-state index in [1.54, 1.807) is 5.38 Å². The number of anilines is 1. The molecule has 0 fully saturated rings. The highest BCUT2D eigenvalue weighted by Gasteiger charge is 2.15. The molecule has 104 valence electrons. The lowest BCUT2D eigenvalue weighted by Gasteiger charge is -1.99. The van der Waals surface area contributed by atoms with Gasteiger partial charge in [0.2, 0.25) is 0 Å². The van der Waals surface area contributed by atoms with Gasteiger partial charge in [0.1, 0.15) is 4.88 Å². The first kappa shape index (κ1) is 14.7. The van der Waals surface area contributed by atoms with Gasteiger partial charge >= 0.3 is 5.97 Å². The fraction of sp³-hybridized carbons (Fsp3) is 0.0833. The second kappa shape index (κ2) is 6.17. The van der Waals surface area contributed by atoms with Gasteiger partial charge in [-0.1, -0.05) is 22.9 Å². The lowest BCUT2D eigenvalue weighted by molar-refractivity contribution is -0.131. The highest BCUT2D eigenvalue weighted by atomic mass is 35.5. The number of rotatable bonds is 4. The third-order valence-corrected chi connectivity index (χ3v) is 4.81. The maximum atomic E-state index is 12.0. The van der Waals surface area contributed by atoms with Gasteiger partial charge in [0.25, 0.3) is 5.91 Å². The van der Waals surface area contributed by atoms with Gasteiger partial charge in [-0.25, -0.2) is 9.78 Å². The van der Waals surface area contributed by atoms with E-state index in [1.807, 2.05) is 6.92 Å². The van der Waals surface area contributed by atoms with Crippen LogP contribution in [0, 0.1) is 6.92 Å². The van der Waals surface area contributed by atoms with Crippen LogP contribution >= 0.6 is 34.3 Å². The smallest absolute Gasteiger partial charge is 0.328 e. The van der Waals surface area contributed by atoms with Gasteiger partial charge < -0.3 is 5.11 Å². The Kier molecular flexibility index (Phi) is 4.53. The molecule has 0 saturated carbocycles. The number of carbonyl (C=O) groups excluding carboxylic acids is 1. The number of aryl methyl sites for hydroxylation is 1. The molecule has 8 heteroatoms. The standard InChI is InChI=1S/C12H9ClN2O3S2/c1-6-5-19-10(9(6)13)11(18)15-12-14-4-7(20-12)2-3-8(16)17/h2-5H,1H3,(H,16,17)(H,14,15,18)/b3-2+. The molecule has 20 heavy (non-hydrogen) atoms. The molecule has 0 spiro atoms. The van der Waals surface area contributed by atoms with Crippen LogP contribution in [0.3, 0.4) is 0 Å². The summed E-state index contributed by atoms with van der Waals surface area (Å²) < 4.78 is 0. The first-order valence-corrected chi connectivity index (χ1v) is 7.46. The number of halogens is 1. The lowest BCUT2D eigenvalue weighted by Crippen LogP contribution is -2.10. The molecule has 0 aliphatic heterocycles. The van der Waals surface area contributed by atoms with Gasteiger partial charge in [0.15, 0.2) is 5.13 Å². The summed E-state index contributed by atoms with van der Waals surface area (Å²) in [5.41, 5.74) is 0.853. The second-order valence-electron chi connectivity index (χ2n) is 3.76. The summed E-state index contributed by atoms with van der Waals surface area (Å²) in [7, 11) is 0. The predicted molar refractivity (Wildman–Crippen MR) is 80.8 cm³/mol. The Morgan fingerprint density at radius 2 is 2.25 bits per heavy atom. The van der Waals surface area contributed by atoms with Crippen molar-refractivity contribution in [2.45, 2.75) is 6.92 Å². The Balaban J connectivity index is 2.09. The molecule has 1 amide bonds. The highest BCUT2D eigenvalue weighted by Crippen LogP contribution is 2.28. The Labute approximate surface area is 127 Å². The SMILES string of the molecule is Cc1csc(C(=O)Nc2ncc(/C=C/C(=O)O)s2)c1Cl. The number of nitrogens with zero attached hydrogens (tertiary/aromatic N) is 1. The zero-order valence-electron chi connectivity index (χ0n) is 10.2. The number of carbonyl (C=O) groups is 2. The van der Waals surface area contributed by atoms with Crippen molar-refractivity contribution in [1.82, 2.24) is 4.98 Å². The van der Waals surface area contributed by atoms with Gasteiger partial charge in [-0.3, -0.25) is 10.1 Å². The Morgan fingerprint density at radius 1 is 1.50 bits per heavy atom. The third-order valence-electron chi connectivity index (χ3n) is 2.24. The molecule has 0 aromatic carbocycles. The van der Waals surface area contributed by atoms with E-state index >= 15 is 0 Å². The Morgan fingerprint density at radius 3 is 2.85 bits per heavy atom. The number of aromatic nitrogens is 1. The molecule has 2 rings (SSSR count). The number of thiophene rings is 1. The zero-order chi connectivity index (χ0) is 14.7. The van der Waals surface area contributed by atoms with Gasteiger partial charge in [-0.05, 0) is 23.9 Å². The van der Waals surface area contributed by atoms with E-state index in [2.05, 4.69) is 10.3 Å². The lowest BCUT2D eigenvalue weighted by atomic mass is 10.3. The molecule has 0 aliphatic carbocycles. The molecule has 0 radical (unpaired) electrons. The molecule has 0 atom stereocenters. The summed E-state index contributed by atoms with van der Waals surface area (Å²) in [4.78, 5) is 27.5. The molecule has 2 heterocycles. The van der Waals surface area contributed by atoms with Crippen LogP contribution in [-0.2, 0) is 4.79 Å². The van der Waals surface area contributed by atoms with Crippen LogP contribution in [0.1, 0.15) is 20.1 Å². The molecule has 2 aromatic rings. The number of hydrogen-bond donors (Lipinski definition) is 2. The van der Waals surface area contributed by atoms with Crippen molar-refractivity contribution in [3.8, 4) is 0 Å². The summed E-state index contributed by atoms with van der Waals surface area (Å²) in [6, 6.07) is 0. The summed E-state index contributed by atoms with van der Waals surface area (Å²) in [5.74, 6) is -1.36. The van der Waals surface area contributed by atoms with Gasteiger partial charge in [-0.15, -0.1) is 11.3 Å². The second-order valence-corrected chi connectivity index (χ2v) is 6.08. The number of amides is 1. The quantitative estimate of drug-likeness (QED) is 0.842. The molecular weight excluding hydrogens is 320 g/mol. The van der Waals surface area contributed by atoms with Crippen molar-refractivity contribution >= 4 is 57.4 Å². The van der Waals surface area contributed by atoms with Crippen LogP contribution in [0.2, 0.25) is 5.02 Å². The van der Waals surface area contributed by atoms with Crippen molar-refractivity contribution in [2.75, 3.05) is 5.32 Å². The maximum absolute atomic E-state index is 12.0. The summed E-state index contributed by atoms with van der Waals surface area (Å²) in [6.45, 7) is 1.83. The molecular formula is C12H9ClN2O3S2. The van der Waals surface area contributed by atoms with Gasteiger partial charge in [-0.2, -0.15) is 0 Å². The molecule has 0 unspecified atom stereocenters. The zero-order valence-corrected chi connectivity index (χ0v) is 12.6. The largest absolute Gasteiger partial charge is 0.478 e. The summed E-state index contributed by atoms with van der Waals surface area (Å²) in [5, 5.41) is 13.8. The van der Waals surface area contributed by atoms with Crippen LogP contribution in [0.4, 0.5) is 5.13 Å². The topological polar surface area (TPSA) is 79.3 Å². The van der Waals surface area contributed by atoms with Crippen LogP contribution in [0.5, 0.6) is 0 Å². The maximum Gasteiger partial charge on any atom is 0.328 e. The fourth-order valence-electron chi connectivity index (χ4n) is 1.31. The van der Waals surface area contributed by atoms with Crippen LogP contribution in [0.15, 0.2) is 17.7 Å². The van der Waals surface area contributed by atoms with Crippen molar-refractivity contribution in [2.24, 2.45) is 0 Å². The van der Waals surface area contributed by atoms with Crippen molar-refractivity contribution in [3.63, 3.8) is 0 Å². The minimum Gasteiger partial charge on any atom is -0.478 e. The number of thiazole rings is 1. The first-order chi connectivity index (χ1) is 9.47. The average molecular weight is 329 g/mol. The Hall–Kier alpha value is -1.70. The van der Waals surface area contributed by atoms with E-state index in [0.29, 0.717) is 19.9 Å². The number of hydrogen-bond acceptors (Lipinski definition) is 5. The molecule has 0 bridgehead atoms. The molecule has 2 aromatic heterocycles. The third kappa shape index (κ3) is 3.44. The van der Waals surface area contributed by atoms with E-state index < -0.39 is 5.97 Å². The minimum atomic E-state index is -1.04. The fourth-order valence-corrected chi connectivity index (χ4v) is 3.20. The van der Waals surface area contributed by atoms with E-state index in [1.165, 1.54) is 34.9 Å². The van der Waals surface area contributed by atoms with Crippen LogP contribution < -0.4 is 5.32 Å². The van der Waals surface area contributed by atoms with E-state index in [0.717, 1.165) is 11.6 Å². The minimum absolute atomic E-state index is 0.323. The number of carboxylic acids is 1. The number of aliphatic carboxylic acids is 1. The number of carboxylic acid groups (broad SMARTS) is 1. The molecule has 0 aliphatic rings. The first-order valence-electron chi connectivity index (χ1n) is 5.39. The molecule has 0 saturated heterocycles. The average Bonchev–Trinajstić information content (AvgIpc) is 2.95. The monoisotopic (exact) mass is 328 g/mol. The van der Waals surface area contributed by atoms with E-state index in [-0.39, 0.29) is 5.91 Å². The van der Waals surface area contributed by atoms with Crippen LogP contribution in [-0.4, -0.2) is 22.0 Å². The van der Waals surface area contributed by atoms with Crippen LogP contribution in [0.25, 0.3) is 6.08 Å². The molecule has 2 N–H and O–H groups in total. The highest BCUT2D eigenvalue weighted by molar-refractivity contribution is 7.17. The van der Waals surface area contributed by atoms with Crippen molar-refractivity contribution in [1.29, 1.82) is 0 Å². The molecule has 5 nitrogen and oxygen atoms in total. The van der Waals surface area contributed by atoms with Crippen molar-refractivity contribution in [3.05, 3.63) is 38.0 Å². The summed E-state index contributed by atoms with van der Waals surface area (Å²) >= 11 is 8.46. The summed E-state index contributed by atoms with van der Waals surface area (Å²) in [6.07, 6.45) is 3.91. The van der Waals surface area contributed by atoms with Crippen molar-refractivity contribution < 1.29 is 14.7 Å². The predicted octanol–water partition coefficient (Wildman–Crippen LogP) is 3.52. The normalized spacial score (nSPS) is 10.9. The van der Waals surface area contributed by atoms with E-state index in [9.17, 15) is 9.59 Å².